The van der Waals surface area contributed by atoms with Gasteiger partial charge in [0.25, 0.3) is 0 Å². The van der Waals surface area contributed by atoms with E-state index in [1.54, 1.807) is 6.08 Å². The maximum atomic E-state index is 12.5. The fourth-order valence-electron chi connectivity index (χ4n) is 11.2. The molecule has 0 spiro atoms. The molecule has 2 unspecified atom stereocenters. The number of aliphatic hydroxyl groups excluding tert-OH is 2. The number of ether oxygens (including phenoxy) is 1. The van der Waals surface area contributed by atoms with Crippen LogP contribution in [-0.2, 0) is 14.3 Å². The van der Waals surface area contributed by atoms with Gasteiger partial charge >= 0.3 is 5.97 Å². The molecule has 0 aliphatic rings. The number of allylic oxidation sites excluding steroid dienone is 1. The maximum Gasteiger partial charge on any atom is 0.305 e. The van der Waals surface area contributed by atoms with Crippen molar-refractivity contribution in [2.75, 3.05) is 13.2 Å². The van der Waals surface area contributed by atoms with Gasteiger partial charge in [-0.1, -0.05) is 366 Å². The minimum Gasteiger partial charge on any atom is -0.466 e. The fourth-order valence-corrected chi connectivity index (χ4v) is 11.2. The van der Waals surface area contributed by atoms with Crippen LogP contribution in [0.15, 0.2) is 12.2 Å². The molecule has 1 amide bonds. The van der Waals surface area contributed by atoms with Crippen molar-refractivity contribution in [2.24, 2.45) is 0 Å². The van der Waals surface area contributed by atoms with Crippen LogP contribution < -0.4 is 5.32 Å². The highest BCUT2D eigenvalue weighted by atomic mass is 16.5. The summed E-state index contributed by atoms with van der Waals surface area (Å²) in [5, 5.41) is 23.1. The number of hydrogen-bond donors (Lipinski definition) is 3. The van der Waals surface area contributed by atoms with Crippen molar-refractivity contribution >= 4 is 11.9 Å². The molecular weight excluding hydrogens is 935 g/mol. The minimum absolute atomic E-state index is 0.0234. The molecule has 0 saturated heterocycles. The van der Waals surface area contributed by atoms with Crippen LogP contribution in [0.5, 0.6) is 0 Å². The summed E-state index contributed by atoms with van der Waals surface area (Å²) < 4.78 is 5.52. The molecule has 6 heteroatoms. The number of unbranched alkanes of at least 4 members (excludes halogenated alkanes) is 55. The first kappa shape index (κ1) is 74.6. The van der Waals surface area contributed by atoms with Crippen LogP contribution in [0.4, 0.5) is 0 Å². The molecule has 0 rings (SSSR count). The van der Waals surface area contributed by atoms with Crippen molar-refractivity contribution in [1.82, 2.24) is 5.32 Å². The zero-order valence-electron chi connectivity index (χ0n) is 51.8. The third-order valence-electron chi connectivity index (χ3n) is 16.6. The van der Waals surface area contributed by atoms with E-state index in [-0.39, 0.29) is 18.5 Å². The average Bonchev–Trinajstić information content (AvgIpc) is 3.42. The molecule has 0 aliphatic carbocycles. The molecule has 0 fully saturated rings. The van der Waals surface area contributed by atoms with Crippen LogP contribution >= 0.6 is 0 Å². The lowest BCUT2D eigenvalue weighted by Crippen LogP contribution is -2.45. The van der Waals surface area contributed by atoms with Gasteiger partial charge in [0.1, 0.15) is 0 Å². The Hall–Kier alpha value is -1.40. The largest absolute Gasteiger partial charge is 0.466 e. The Labute approximate surface area is 476 Å². The molecule has 2 atom stereocenters. The van der Waals surface area contributed by atoms with E-state index >= 15 is 0 Å². The molecule has 0 bridgehead atoms. The quantitative estimate of drug-likeness (QED) is 0.0320. The molecular formula is C70H137NO5. The Morgan fingerprint density at radius 2 is 0.605 bits per heavy atom. The SMILES string of the molecule is CCCCCCCCCCCCC/C=C/C(O)C(CO)NC(=O)CCCCCCCCCCCCCCCCCCCCCCCCCCCCCOC(=O)CCCCCCCCCCCCCCCCCCCCC. The molecule has 3 N–H and O–H groups in total. The van der Waals surface area contributed by atoms with E-state index in [0.29, 0.717) is 19.4 Å². The highest BCUT2D eigenvalue weighted by Crippen LogP contribution is 2.19. The summed E-state index contributed by atoms with van der Waals surface area (Å²) in [7, 11) is 0. The van der Waals surface area contributed by atoms with E-state index in [4.69, 9.17) is 4.74 Å². The zero-order valence-corrected chi connectivity index (χ0v) is 51.8. The number of aliphatic hydroxyl groups is 2. The van der Waals surface area contributed by atoms with Crippen molar-refractivity contribution in [3.8, 4) is 0 Å². The summed E-state index contributed by atoms with van der Waals surface area (Å²) in [6.07, 6.45) is 81.5. The predicted molar refractivity (Wildman–Crippen MR) is 333 cm³/mol. The Balaban J connectivity index is 3.32. The van der Waals surface area contributed by atoms with E-state index in [1.807, 2.05) is 6.08 Å². The average molecular weight is 1070 g/mol. The summed E-state index contributed by atoms with van der Waals surface area (Å²) in [4.78, 5) is 24.6. The Morgan fingerprint density at radius 1 is 0.355 bits per heavy atom. The minimum atomic E-state index is -0.841. The first-order valence-corrected chi connectivity index (χ1v) is 35.0. The molecule has 452 valence electrons. The van der Waals surface area contributed by atoms with Crippen molar-refractivity contribution in [1.29, 1.82) is 0 Å². The van der Waals surface area contributed by atoms with Crippen molar-refractivity contribution in [3.63, 3.8) is 0 Å². The normalized spacial score (nSPS) is 12.5. The highest BCUT2D eigenvalue weighted by molar-refractivity contribution is 5.76. The van der Waals surface area contributed by atoms with Gasteiger partial charge in [-0.3, -0.25) is 9.59 Å². The van der Waals surface area contributed by atoms with E-state index < -0.39 is 12.1 Å². The second-order valence-electron chi connectivity index (χ2n) is 24.2. The summed E-state index contributed by atoms with van der Waals surface area (Å²) in [5.41, 5.74) is 0. The monoisotopic (exact) mass is 1070 g/mol. The van der Waals surface area contributed by atoms with Crippen LogP contribution in [0.1, 0.15) is 399 Å². The number of amides is 1. The maximum absolute atomic E-state index is 12.5. The molecule has 0 aromatic carbocycles. The summed E-state index contributed by atoms with van der Waals surface area (Å²) >= 11 is 0. The number of carbonyl (C=O) groups is 2. The smallest absolute Gasteiger partial charge is 0.305 e. The Morgan fingerprint density at radius 3 is 0.895 bits per heavy atom. The molecule has 0 heterocycles. The van der Waals surface area contributed by atoms with Gasteiger partial charge in [-0.15, -0.1) is 0 Å². The molecule has 0 aromatic heterocycles. The first-order valence-electron chi connectivity index (χ1n) is 35.0. The van der Waals surface area contributed by atoms with Gasteiger partial charge < -0.3 is 20.3 Å². The van der Waals surface area contributed by atoms with Crippen molar-refractivity contribution < 1.29 is 24.5 Å². The molecule has 0 radical (unpaired) electrons. The number of nitrogens with one attached hydrogen (secondary N) is 1. The number of esters is 1. The first-order chi connectivity index (χ1) is 37.5. The third-order valence-corrected chi connectivity index (χ3v) is 16.6. The predicted octanol–water partition coefficient (Wildman–Crippen LogP) is 22.4. The van der Waals surface area contributed by atoms with Crippen LogP contribution in [0.3, 0.4) is 0 Å². The summed E-state index contributed by atoms with van der Waals surface area (Å²) in [6, 6.07) is -0.624. The van der Waals surface area contributed by atoms with Gasteiger partial charge in [0.2, 0.25) is 5.91 Å². The van der Waals surface area contributed by atoms with Crippen LogP contribution in [0.25, 0.3) is 0 Å². The van der Waals surface area contributed by atoms with Crippen LogP contribution in [0, 0.1) is 0 Å². The van der Waals surface area contributed by atoms with Gasteiger partial charge in [-0.2, -0.15) is 0 Å². The van der Waals surface area contributed by atoms with Gasteiger partial charge in [0, 0.05) is 12.8 Å². The van der Waals surface area contributed by atoms with E-state index in [2.05, 4.69) is 19.2 Å². The van der Waals surface area contributed by atoms with Crippen LogP contribution in [0.2, 0.25) is 0 Å². The van der Waals surface area contributed by atoms with E-state index in [0.717, 1.165) is 38.5 Å². The van der Waals surface area contributed by atoms with Gasteiger partial charge in [-0.05, 0) is 32.1 Å². The second-order valence-corrected chi connectivity index (χ2v) is 24.2. The number of rotatable bonds is 66. The molecule has 0 aromatic rings. The lowest BCUT2D eigenvalue weighted by atomic mass is 10.0. The highest BCUT2D eigenvalue weighted by Gasteiger charge is 2.18. The lowest BCUT2D eigenvalue weighted by molar-refractivity contribution is -0.143. The Bertz CT molecular complexity index is 1140. The standard InChI is InChI=1S/C70H137NO5/c1-3-5-7-9-11-13-15-17-18-19-29-33-36-40-44-48-52-56-60-64-70(75)76-65-61-57-53-49-45-41-37-34-31-28-26-24-22-20-21-23-25-27-30-32-35-39-43-47-51-55-59-63-69(74)71-67(66-72)68(73)62-58-54-50-46-42-38-16-14-12-10-8-6-4-2/h58,62,67-68,72-73H,3-57,59-61,63-66H2,1-2H3,(H,71,74)/b62-58+. The number of carbonyl (C=O) groups excluding carboxylic acids is 2. The van der Waals surface area contributed by atoms with E-state index in [1.165, 1.54) is 334 Å². The van der Waals surface area contributed by atoms with Gasteiger partial charge in [-0.25, -0.2) is 0 Å². The molecule has 76 heavy (non-hydrogen) atoms. The van der Waals surface area contributed by atoms with Gasteiger partial charge in [0.15, 0.2) is 0 Å². The lowest BCUT2D eigenvalue weighted by Gasteiger charge is -2.20. The Kier molecular flexibility index (Phi) is 64.9. The van der Waals surface area contributed by atoms with Gasteiger partial charge in [0.05, 0.1) is 25.4 Å². The molecule has 0 saturated carbocycles. The van der Waals surface area contributed by atoms with Crippen molar-refractivity contribution in [2.45, 2.75) is 411 Å². The molecule has 6 nitrogen and oxygen atoms in total. The molecule has 0 aliphatic heterocycles. The topological polar surface area (TPSA) is 95.9 Å². The fraction of sp³-hybridized carbons (Fsp3) is 0.943. The van der Waals surface area contributed by atoms with Crippen molar-refractivity contribution in [3.05, 3.63) is 12.2 Å². The third kappa shape index (κ3) is 61.8. The summed E-state index contributed by atoms with van der Waals surface area (Å²) in [5.74, 6) is -0.0399. The van der Waals surface area contributed by atoms with Crippen LogP contribution in [-0.4, -0.2) is 47.4 Å². The number of hydrogen-bond acceptors (Lipinski definition) is 5. The zero-order chi connectivity index (χ0) is 55.0. The van der Waals surface area contributed by atoms with E-state index in [9.17, 15) is 19.8 Å². The second kappa shape index (κ2) is 66.1. The summed E-state index contributed by atoms with van der Waals surface area (Å²) in [6.45, 7) is 4.94.